The van der Waals surface area contributed by atoms with Gasteiger partial charge in [-0.2, -0.15) is 5.10 Å². The number of fused-ring (bicyclic) bond motifs is 1. The van der Waals surface area contributed by atoms with Crippen LogP contribution in [0.4, 0.5) is 0 Å². The standard InChI is InChI=1S/C10H15BrN2O/c1-7(2)9-8(11)10-13(12-9)5-3-4-6-14-10/h7H,3-6H2,1-2H3. The third-order valence-electron chi connectivity index (χ3n) is 2.43. The Balaban J connectivity index is 2.40. The van der Waals surface area contributed by atoms with Crippen molar-refractivity contribution < 1.29 is 4.74 Å². The van der Waals surface area contributed by atoms with E-state index in [-0.39, 0.29) is 0 Å². The summed E-state index contributed by atoms with van der Waals surface area (Å²) < 4.78 is 8.68. The van der Waals surface area contributed by atoms with E-state index in [2.05, 4.69) is 34.9 Å². The Hall–Kier alpha value is -0.510. The molecular weight excluding hydrogens is 244 g/mol. The zero-order valence-electron chi connectivity index (χ0n) is 8.59. The second-order valence-electron chi connectivity index (χ2n) is 3.94. The summed E-state index contributed by atoms with van der Waals surface area (Å²) in [5, 5.41) is 4.55. The van der Waals surface area contributed by atoms with E-state index in [0.29, 0.717) is 5.92 Å². The molecule has 0 radical (unpaired) electrons. The molecule has 1 aliphatic heterocycles. The van der Waals surface area contributed by atoms with Gasteiger partial charge in [-0.25, -0.2) is 4.68 Å². The van der Waals surface area contributed by atoms with Crippen LogP contribution in [-0.4, -0.2) is 16.4 Å². The van der Waals surface area contributed by atoms with E-state index < -0.39 is 0 Å². The first-order valence-corrected chi connectivity index (χ1v) is 5.88. The van der Waals surface area contributed by atoms with Gasteiger partial charge in [-0.3, -0.25) is 0 Å². The van der Waals surface area contributed by atoms with Crippen LogP contribution in [-0.2, 0) is 6.54 Å². The lowest BCUT2D eigenvalue weighted by Gasteiger charge is -2.02. The molecule has 0 amide bonds. The summed E-state index contributed by atoms with van der Waals surface area (Å²) in [6, 6.07) is 0. The molecule has 0 N–H and O–H groups in total. The summed E-state index contributed by atoms with van der Waals surface area (Å²) in [7, 11) is 0. The van der Waals surface area contributed by atoms with Crippen LogP contribution in [0, 0.1) is 0 Å². The summed E-state index contributed by atoms with van der Waals surface area (Å²) in [6.07, 6.45) is 2.27. The van der Waals surface area contributed by atoms with Crippen molar-refractivity contribution in [3.05, 3.63) is 10.2 Å². The van der Waals surface area contributed by atoms with Crippen LogP contribution in [0.3, 0.4) is 0 Å². The van der Waals surface area contributed by atoms with Gasteiger partial charge in [0.2, 0.25) is 5.88 Å². The molecule has 1 aromatic heterocycles. The molecule has 1 aliphatic rings. The Kier molecular flexibility index (Phi) is 2.81. The predicted molar refractivity (Wildman–Crippen MR) is 58.7 cm³/mol. The lowest BCUT2D eigenvalue weighted by Crippen LogP contribution is -2.00. The quantitative estimate of drug-likeness (QED) is 0.775. The molecule has 78 valence electrons. The molecule has 0 saturated heterocycles. The fourth-order valence-corrected chi connectivity index (χ4v) is 2.49. The number of hydrogen-bond acceptors (Lipinski definition) is 2. The fourth-order valence-electron chi connectivity index (χ4n) is 1.63. The van der Waals surface area contributed by atoms with Crippen LogP contribution in [0.5, 0.6) is 5.88 Å². The number of halogens is 1. The Labute approximate surface area is 92.6 Å². The van der Waals surface area contributed by atoms with Crippen molar-refractivity contribution in [2.24, 2.45) is 0 Å². The molecule has 0 spiro atoms. The third-order valence-corrected chi connectivity index (χ3v) is 3.17. The highest BCUT2D eigenvalue weighted by Crippen LogP contribution is 2.34. The van der Waals surface area contributed by atoms with E-state index in [1.165, 1.54) is 0 Å². The van der Waals surface area contributed by atoms with Crippen molar-refractivity contribution in [1.82, 2.24) is 9.78 Å². The Morgan fingerprint density at radius 2 is 2.21 bits per heavy atom. The zero-order chi connectivity index (χ0) is 10.1. The van der Waals surface area contributed by atoms with Crippen molar-refractivity contribution in [3.63, 3.8) is 0 Å². The Bertz CT molecular complexity index is 333. The molecule has 0 atom stereocenters. The molecule has 4 heteroatoms. The predicted octanol–water partition coefficient (Wildman–Crippen LogP) is 2.94. The van der Waals surface area contributed by atoms with E-state index in [1.807, 2.05) is 4.68 Å². The SMILES string of the molecule is CC(C)c1nn2c(c1Br)OCCCC2. The minimum Gasteiger partial charge on any atom is -0.477 e. The molecule has 0 fully saturated rings. The smallest absolute Gasteiger partial charge is 0.226 e. The number of aromatic nitrogens is 2. The van der Waals surface area contributed by atoms with Crippen molar-refractivity contribution in [2.75, 3.05) is 6.61 Å². The highest BCUT2D eigenvalue weighted by molar-refractivity contribution is 9.10. The van der Waals surface area contributed by atoms with Gasteiger partial charge in [-0.15, -0.1) is 0 Å². The average molecular weight is 259 g/mol. The van der Waals surface area contributed by atoms with Gasteiger partial charge in [-0.1, -0.05) is 13.8 Å². The third kappa shape index (κ3) is 1.67. The van der Waals surface area contributed by atoms with Gasteiger partial charge >= 0.3 is 0 Å². The summed E-state index contributed by atoms with van der Waals surface area (Å²) in [5.41, 5.74) is 1.10. The van der Waals surface area contributed by atoms with Crippen molar-refractivity contribution in [2.45, 2.75) is 39.2 Å². The molecular formula is C10H15BrN2O. The van der Waals surface area contributed by atoms with E-state index in [0.717, 1.165) is 42.0 Å². The molecule has 0 aliphatic carbocycles. The number of ether oxygens (including phenoxy) is 1. The minimum absolute atomic E-state index is 0.437. The van der Waals surface area contributed by atoms with Crippen LogP contribution in [0.25, 0.3) is 0 Å². The number of rotatable bonds is 1. The molecule has 3 nitrogen and oxygen atoms in total. The first kappa shape index (κ1) is 10.0. The Morgan fingerprint density at radius 1 is 1.43 bits per heavy atom. The van der Waals surface area contributed by atoms with E-state index >= 15 is 0 Å². The number of aryl methyl sites for hydroxylation is 1. The average Bonchev–Trinajstić information content (AvgIpc) is 2.37. The topological polar surface area (TPSA) is 27.1 Å². The number of nitrogens with zero attached hydrogens (tertiary/aromatic N) is 2. The largest absolute Gasteiger partial charge is 0.477 e. The minimum atomic E-state index is 0.437. The van der Waals surface area contributed by atoms with Gasteiger partial charge in [0.25, 0.3) is 0 Å². The molecule has 1 aromatic rings. The second kappa shape index (κ2) is 3.93. The van der Waals surface area contributed by atoms with E-state index in [4.69, 9.17) is 4.74 Å². The van der Waals surface area contributed by atoms with Gasteiger partial charge in [0.1, 0.15) is 4.47 Å². The van der Waals surface area contributed by atoms with E-state index in [9.17, 15) is 0 Å². The fraction of sp³-hybridized carbons (Fsp3) is 0.700. The molecule has 0 unspecified atom stereocenters. The summed E-state index contributed by atoms with van der Waals surface area (Å²) in [5.74, 6) is 1.35. The van der Waals surface area contributed by atoms with Crippen molar-refractivity contribution in [1.29, 1.82) is 0 Å². The molecule has 2 heterocycles. The van der Waals surface area contributed by atoms with Crippen LogP contribution in [0.1, 0.15) is 38.3 Å². The Morgan fingerprint density at radius 3 is 2.93 bits per heavy atom. The molecule has 0 aromatic carbocycles. The van der Waals surface area contributed by atoms with Gasteiger partial charge in [0.05, 0.1) is 12.3 Å². The highest BCUT2D eigenvalue weighted by atomic mass is 79.9. The van der Waals surface area contributed by atoms with Crippen molar-refractivity contribution >= 4 is 15.9 Å². The van der Waals surface area contributed by atoms with Gasteiger partial charge in [0, 0.05) is 6.54 Å². The second-order valence-corrected chi connectivity index (χ2v) is 4.73. The first-order chi connectivity index (χ1) is 6.70. The maximum absolute atomic E-state index is 5.66. The first-order valence-electron chi connectivity index (χ1n) is 5.09. The van der Waals surface area contributed by atoms with Crippen LogP contribution < -0.4 is 4.74 Å². The van der Waals surface area contributed by atoms with Gasteiger partial charge in [0.15, 0.2) is 0 Å². The monoisotopic (exact) mass is 258 g/mol. The van der Waals surface area contributed by atoms with Crippen LogP contribution in [0.15, 0.2) is 4.47 Å². The zero-order valence-corrected chi connectivity index (χ0v) is 10.2. The molecule has 0 saturated carbocycles. The summed E-state index contributed by atoms with van der Waals surface area (Å²) in [6.45, 7) is 6.07. The van der Waals surface area contributed by atoms with Crippen LogP contribution in [0.2, 0.25) is 0 Å². The van der Waals surface area contributed by atoms with Gasteiger partial charge < -0.3 is 4.74 Å². The highest BCUT2D eigenvalue weighted by Gasteiger charge is 2.20. The lowest BCUT2D eigenvalue weighted by molar-refractivity contribution is 0.301. The molecule has 0 bridgehead atoms. The maximum atomic E-state index is 5.66. The van der Waals surface area contributed by atoms with Crippen LogP contribution >= 0.6 is 15.9 Å². The molecule has 2 rings (SSSR count). The van der Waals surface area contributed by atoms with Crippen molar-refractivity contribution in [3.8, 4) is 5.88 Å². The summed E-state index contributed by atoms with van der Waals surface area (Å²) >= 11 is 3.56. The number of hydrogen-bond donors (Lipinski definition) is 0. The maximum Gasteiger partial charge on any atom is 0.226 e. The normalized spacial score (nSPS) is 16.3. The molecule has 14 heavy (non-hydrogen) atoms. The van der Waals surface area contributed by atoms with Gasteiger partial charge in [-0.05, 0) is 34.7 Å². The van der Waals surface area contributed by atoms with E-state index in [1.54, 1.807) is 0 Å². The summed E-state index contributed by atoms with van der Waals surface area (Å²) in [4.78, 5) is 0. The lowest BCUT2D eigenvalue weighted by atomic mass is 10.1.